The Kier molecular flexibility index (Phi) is 13.2. The van der Waals surface area contributed by atoms with E-state index in [4.69, 9.17) is 4.74 Å². The second-order valence-corrected chi connectivity index (χ2v) is 9.30. The first-order chi connectivity index (χ1) is 13.1. The van der Waals surface area contributed by atoms with Gasteiger partial charge in [-0.2, -0.15) is 0 Å². The number of aryl methyl sites for hydroxylation is 1. The molecular weight excluding hydrogens is 368 g/mol. The fraction of sp³-hybridized carbons (Fsp3) is 0.875. The summed E-state index contributed by atoms with van der Waals surface area (Å²) in [6.45, 7) is 11.2. The lowest BCUT2D eigenvalue weighted by Crippen LogP contribution is -3.00. The number of halogens is 1. The van der Waals surface area contributed by atoms with Gasteiger partial charge in [0.05, 0.1) is 12.6 Å². The van der Waals surface area contributed by atoms with Gasteiger partial charge in [0.25, 0.3) is 0 Å². The van der Waals surface area contributed by atoms with Crippen molar-refractivity contribution >= 4 is 0 Å². The first kappa shape index (κ1) is 25.5. The summed E-state index contributed by atoms with van der Waals surface area (Å²) >= 11 is 0. The summed E-state index contributed by atoms with van der Waals surface area (Å²) < 4.78 is 10.9. The maximum absolute atomic E-state index is 6.37. The Morgan fingerprint density at radius 3 is 2.39 bits per heavy atom. The summed E-state index contributed by atoms with van der Waals surface area (Å²) in [4.78, 5) is 0. The largest absolute Gasteiger partial charge is 1.00 e. The summed E-state index contributed by atoms with van der Waals surface area (Å²) in [6, 6.07) is 0. The van der Waals surface area contributed by atoms with Gasteiger partial charge in [-0.1, -0.05) is 72.6 Å². The predicted octanol–water partition coefficient (Wildman–Crippen LogP) is 3.36. The molecule has 1 aromatic heterocycles. The predicted molar refractivity (Wildman–Crippen MR) is 113 cm³/mol. The van der Waals surface area contributed by atoms with Crippen LogP contribution < -0.4 is 17.0 Å². The molecule has 1 fully saturated rings. The molecule has 0 spiro atoms. The van der Waals surface area contributed by atoms with Gasteiger partial charge in [-0.3, -0.25) is 0 Å². The van der Waals surface area contributed by atoms with Gasteiger partial charge in [-0.15, -0.1) is 0 Å². The highest BCUT2D eigenvalue weighted by atomic mass is 35.5. The molecule has 2 rings (SSSR count). The zero-order valence-electron chi connectivity index (χ0n) is 18.9. The van der Waals surface area contributed by atoms with Gasteiger partial charge in [0.2, 0.25) is 6.33 Å². The molecule has 3 nitrogen and oxygen atoms in total. The molecule has 28 heavy (non-hydrogen) atoms. The van der Waals surface area contributed by atoms with Gasteiger partial charge in [-0.25, -0.2) is 9.13 Å². The zero-order valence-corrected chi connectivity index (χ0v) is 19.7. The van der Waals surface area contributed by atoms with Crippen LogP contribution >= 0.6 is 0 Å². The molecule has 0 saturated heterocycles. The molecule has 1 heterocycles. The number of imidazole rings is 1. The highest BCUT2D eigenvalue weighted by Crippen LogP contribution is 2.35. The molecular formula is C24H45ClN2O. The molecule has 164 valence electrons. The normalized spacial score (nSPS) is 22.4. The lowest BCUT2D eigenvalue weighted by Gasteiger charge is -2.36. The van der Waals surface area contributed by atoms with Gasteiger partial charge in [-0.05, 0) is 43.4 Å². The van der Waals surface area contributed by atoms with Crippen LogP contribution in [0.15, 0.2) is 18.7 Å². The zero-order chi connectivity index (χ0) is 19.5. The summed E-state index contributed by atoms with van der Waals surface area (Å²) in [5.74, 6) is 2.25. The second-order valence-electron chi connectivity index (χ2n) is 9.30. The number of hydrogen-bond donors (Lipinski definition) is 0. The molecule has 0 aromatic carbocycles. The van der Waals surface area contributed by atoms with Crippen molar-refractivity contribution in [3.8, 4) is 0 Å². The van der Waals surface area contributed by atoms with Crippen molar-refractivity contribution in [2.45, 2.75) is 118 Å². The van der Waals surface area contributed by atoms with Crippen molar-refractivity contribution in [1.29, 1.82) is 0 Å². The number of hydrogen-bond acceptors (Lipinski definition) is 1. The summed E-state index contributed by atoms with van der Waals surface area (Å²) in [6.07, 6.45) is 22.0. The van der Waals surface area contributed by atoms with Crippen LogP contribution in [0, 0.1) is 17.8 Å². The van der Waals surface area contributed by atoms with E-state index in [1.165, 1.54) is 70.6 Å². The van der Waals surface area contributed by atoms with E-state index in [1.807, 2.05) is 0 Å². The van der Waals surface area contributed by atoms with E-state index in [0.717, 1.165) is 24.3 Å². The summed E-state index contributed by atoms with van der Waals surface area (Å²) in [5.41, 5.74) is 0. The van der Waals surface area contributed by atoms with Crippen molar-refractivity contribution in [2.24, 2.45) is 17.8 Å². The lowest BCUT2D eigenvalue weighted by atomic mass is 9.75. The quantitative estimate of drug-likeness (QED) is 0.359. The first-order valence-electron chi connectivity index (χ1n) is 11.8. The van der Waals surface area contributed by atoms with Crippen LogP contribution in [0.2, 0.25) is 0 Å². The molecule has 1 aliphatic carbocycles. The van der Waals surface area contributed by atoms with Crippen LogP contribution in [0.25, 0.3) is 0 Å². The Morgan fingerprint density at radius 1 is 1.04 bits per heavy atom. The van der Waals surface area contributed by atoms with E-state index in [9.17, 15) is 0 Å². The number of aromatic nitrogens is 2. The number of rotatable bonds is 13. The van der Waals surface area contributed by atoms with Crippen LogP contribution in [0.4, 0.5) is 0 Å². The molecule has 0 bridgehead atoms. The molecule has 3 atom stereocenters. The van der Waals surface area contributed by atoms with Gasteiger partial charge < -0.3 is 17.1 Å². The van der Waals surface area contributed by atoms with E-state index in [2.05, 4.69) is 55.6 Å². The van der Waals surface area contributed by atoms with Crippen molar-refractivity contribution in [2.75, 3.05) is 0 Å². The molecule has 4 heteroatoms. The maximum Gasteiger partial charge on any atom is 0.245 e. The molecule has 0 aliphatic heterocycles. The van der Waals surface area contributed by atoms with E-state index in [1.54, 1.807) is 0 Å². The Morgan fingerprint density at radius 2 is 1.71 bits per heavy atom. The van der Waals surface area contributed by atoms with Crippen molar-refractivity contribution in [1.82, 2.24) is 4.57 Å². The average Bonchev–Trinajstić information content (AvgIpc) is 3.10. The number of nitrogens with zero attached hydrogens (tertiary/aromatic N) is 2. The third-order valence-corrected chi connectivity index (χ3v) is 6.42. The fourth-order valence-electron chi connectivity index (χ4n) is 4.56. The highest BCUT2D eigenvalue weighted by Gasteiger charge is 2.31. The SMILES string of the molecule is CCCCCCCCCCn1cc[n+](COC2CC(C)CCC2C(C)C)c1.[Cl-]. The minimum Gasteiger partial charge on any atom is -1.00 e. The minimum atomic E-state index is 0. The second kappa shape index (κ2) is 14.4. The Bertz CT molecular complexity index is 503. The van der Waals surface area contributed by atoms with Crippen molar-refractivity contribution in [3.05, 3.63) is 18.7 Å². The Labute approximate surface area is 180 Å². The maximum atomic E-state index is 6.37. The third-order valence-electron chi connectivity index (χ3n) is 6.42. The van der Waals surface area contributed by atoms with Crippen LogP contribution in [0.3, 0.4) is 0 Å². The van der Waals surface area contributed by atoms with E-state index in [-0.39, 0.29) is 12.4 Å². The first-order valence-corrected chi connectivity index (χ1v) is 11.8. The summed E-state index contributed by atoms with van der Waals surface area (Å²) in [7, 11) is 0. The smallest absolute Gasteiger partial charge is 0.245 e. The van der Waals surface area contributed by atoms with Crippen molar-refractivity contribution in [3.63, 3.8) is 0 Å². The average molecular weight is 413 g/mol. The number of unbranched alkanes of at least 4 members (excludes halogenated alkanes) is 7. The molecule has 1 aromatic rings. The van der Waals surface area contributed by atoms with Crippen LogP contribution in [0.5, 0.6) is 0 Å². The van der Waals surface area contributed by atoms with Crippen LogP contribution in [-0.2, 0) is 18.0 Å². The Hall–Kier alpha value is -0.540. The topological polar surface area (TPSA) is 18.0 Å². The molecule has 1 saturated carbocycles. The number of ether oxygens (including phenoxy) is 1. The van der Waals surface area contributed by atoms with Crippen LogP contribution in [0.1, 0.15) is 98.3 Å². The lowest BCUT2D eigenvalue weighted by molar-refractivity contribution is -0.735. The van der Waals surface area contributed by atoms with Gasteiger partial charge in [0.1, 0.15) is 12.4 Å². The van der Waals surface area contributed by atoms with Gasteiger partial charge in [0.15, 0.2) is 6.73 Å². The van der Waals surface area contributed by atoms with E-state index >= 15 is 0 Å². The summed E-state index contributed by atoms with van der Waals surface area (Å²) in [5, 5.41) is 0. The van der Waals surface area contributed by atoms with E-state index in [0.29, 0.717) is 12.8 Å². The van der Waals surface area contributed by atoms with Crippen LogP contribution in [-0.4, -0.2) is 10.7 Å². The monoisotopic (exact) mass is 412 g/mol. The Balaban J connectivity index is 0.00000392. The molecule has 1 aliphatic rings. The van der Waals surface area contributed by atoms with E-state index < -0.39 is 0 Å². The standard InChI is InChI=1S/C24H45N2O.ClH/c1-5-6-7-8-9-10-11-12-15-25-16-17-26(19-25)20-27-24-18-22(4)13-14-23(24)21(2)3;/h16-17,19,21-24H,5-15,18,20H2,1-4H3;1H/q+1;/p-1. The fourth-order valence-corrected chi connectivity index (χ4v) is 4.56. The van der Waals surface area contributed by atoms with Crippen molar-refractivity contribution < 1.29 is 21.7 Å². The highest BCUT2D eigenvalue weighted by molar-refractivity contribution is 4.80. The molecule has 0 N–H and O–H groups in total. The third kappa shape index (κ3) is 9.31. The molecule has 3 unspecified atom stereocenters. The van der Waals surface area contributed by atoms with Gasteiger partial charge in [0, 0.05) is 0 Å². The van der Waals surface area contributed by atoms with Gasteiger partial charge >= 0.3 is 0 Å². The minimum absolute atomic E-state index is 0. The molecule has 0 amide bonds. The molecule has 0 radical (unpaired) electrons.